The van der Waals surface area contributed by atoms with E-state index in [1.807, 2.05) is 24.4 Å². The van der Waals surface area contributed by atoms with E-state index in [-0.39, 0.29) is 5.56 Å². The lowest BCUT2D eigenvalue weighted by molar-refractivity contribution is 0.0697. The van der Waals surface area contributed by atoms with Crippen molar-refractivity contribution in [3.63, 3.8) is 0 Å². The molecule has 0 heterocycles. The van der Waals surface area contributed by atoms with Crippen LogP contribution in [0.25, 0.3) is 0 Å². The Morgan fingerprint density at radius 3 is 2.52 bits per heavy atom. The Bertz CT molecular complexity index is 792. The molecule has 1 aliphatic rings. The van der Waals surface area contributed by atoms with Crippen LogP contribution in [0.3, 0.4) is 0 Å². The number of aromatic carboxylic acids is 1. The highest BCUT2D eigenvalue weighted by Gasteiger charge is 2.11. The van der Waals surface area contributed by atoms with Gasteiger partial charge in [-0.2, -0.15) is 0 Å². The van der Waals surface area contributed by atoms with E-state index in [4.69, 9.17) is 19.6 Å². The van der Waals surface area contributed by atoms with Crippen LogP contribution in [-0.2, 0) is 6.61 Å². The summed E-state index contributed by atoms with van der Waals surface area (Å²) in [6, 6.07) is 12.9. The van der Waals surface area contributed by atoms with Gasteiger partial charge in [-0.15, -0.1) is 0 Å². The molecule has 5 nitrogen and oxygen atoms in total. The van der Waals surface area contributed by atoms with E-state index >= 15 is 0 Å². The van der Waals surface area contributed by atoms with Crippen molar-refractivity contribution >= 4 is 12.2 Å². The van der Waals surface area contributed by atoms with E-state index in [9.17, 15) is 4.79 Å². The van der Waals surface area contributed by atoms with Crippen molar-refractivity contribution in [2.24, 2.45) is 4.99 Å². The minimum Gasteiger partial charge on any atom is -0.493 e. The molecule has 1 saturated carbocycles. The summed E-state index contributed by atoms with van der Waals surface area (Å²) in [4.78, 5) is 15.6. The summed E-state index contributed by atoms with van der Waals surface area (Å²) in [5.41, 5.74) is 2.15. The zero-order valence-corrected chi connectivity index (χ0v) is 15.6. The van der Waals surface area contributed by atoms with Crippen LogP contribution < -0.4 is 9.47 Å². The molecule has 0 atom stereocenters. The van der Waals surface area contributed by atoms with Gasteiger partial charge in [0.15, 0.2) is 11.5 Å². The Morgan fingerprint density at radius 2 is 1.85 bits per heavy atom. The van der Waals surface area contributed by atoms with E-state index in [0.29, 0.717) is 24.1 Å². The van der Waals surface area contributed by atoms with Gasteiger partial charge < -0.3 is 14.6 Å². The number of hydrogen-bond donors (Lipinski definition) is 1. The summed E-state index contributed by atoms with van der Waals surface area (Å²) in [5.74, 6) is 0.369. The van der Waals surface area contributed by atoms with Crippen molar-refractivity contribution in [3.05, 3.63) is 59.2 Å². The molecule has 0 unspecified atom stereocenters. The zero-order chi connectivity index (χ0) is 19.1. The SMILES string of the molecule is COc1cc(C=NC2CCCCC2)ccc1OCc1ccc(C(=O)O)cc1. The average Bonchev–Trinajstić information content (AvgIpc) is 2.72. The van der Waals surface area contributed by atoms with Crippen molar-refractivity contribution in [1.82, 2.24) is 0 Å². The molecule has 0 bridgehead atoms. The number of benzene rings is 2. The number of aliphatic imine (C=N–C) groups is 1. The molecule has 3 rings (SSSR count). The molecule has 1 aliphatic carbocycles. The maximum Gasteiger partial charge on any atom is 0.335 e. The normalized spacial score (nSPS) is 15.0. The Balaban J connectivity index is 1.63. The van der Waals surface area contributed by atoms with Crippen LogP contribution in [0.5, 0.6) is 11.5 Å². The van der Waals surface area contributed by atoms with Gasteiger partial charge in [0.25, 0.3) is 0 Å². The van der Waals surface area contributed by atoms with E-state index in [0.717, 1.165) is 11.1 Å². The largest absolute Gasteiger partial charge is 0.493 e. The Hall–Kier alpha value is -2.82. The lowest BCUT2D eigenvalue weighted by Crippen LogP contribution is -2.09. The monoisotopic (exact) mass is 367 g/mol. The smallest absolute Gasteiger partial charge is 0.335 e. The fourth-order valence-corrected chi connectivity index (χ4v) is 3.21. The highest BCUT2D eigenvalue weighted by atomic mass is 16.5. The van der Waals surface area contributed by atoms with E-state index in [1.54, 1.807) is 31.4 Å². The summed E-state index contributed by atoms with van der Waals surface area (Å²) in [6.07, 6.45) is 8.14. The van der Waals surface area contributed by atoms with Gasteiger partial charge in [-0.3, -0.25) is 4.99 Å². The molecule has 0 saturated heterocycles. The molecular formula is C22H25NO4. The molecule has 2 aromatic carbocycles. The third-order valence-electron chi connectivity index (χ3n) is 4.79. The van der Waals surface area contributed by atoms with Gasteiger partial charge in [-0.1, -0.05) is 31.4 Å². The highest BCUT2D eigenvalue weighted by molar-refractivity contribution is 5.87. The van der Waals surface area contributed by atoms with E-state index in [2.05, 4.69) is 0 Å². The second-order valence-electron chi connectivity index (χ2n) is 6.77. The number of methoxy groups -OCH3 is 1. The topological polar surface area (TPSA) is 68.1 Å². The van der Waals surface area contributed by atoms with Crippen molar-refractivity contribution in [1.29, 1.82) is 0 Å². The lowest BCUT2D eigenvalue weighted by Gasteiger charge is -2.17. The summed E-state index contributed by atoms with van der Waals surface area (Å²) in [7, 11) is 1.62. The predicted octanol–water partition coefficient (Wildman–Crippen LogP) is 4.72. The first kappa shape index (κ1) is 19.0. The number of carbonyl (C=O) groups is 1. The molecule has 1 fully saturated rings. The van der Waals surface area contributed by atoms with Crippen LogP contribution in [0.15, 0.2) is 47.5 Å². The standard InChI is InChI=1S/C22H25NO4/c1-26-21-13-17(14-23-19-5-3-2-4-6-19)9-12-20(21)27-15-16-7-10-18(11-8-16)22(24)25/h7-14,19H,2-6,15H2,1H3,(H,24,25). The van der Waals surface area contributed by atoms with Gasteiger partial charge in [0.05, 0.1) is 12.7 Å². The molecule has 1 N–H and O–H groups in total. The van der Waals surface area contributed by atoms with Gasteiger partial charge in [-0.25, -0.2) is 4.79 Å². The molecule has 0 aliphatic heterocycles. The molecule has 2 aromatic rings. The van der Waals surface area contributed by atoms with Crippen molar-refractivity contribution in [3.8, 4) is 11.5 Å². The van der Waals surface area contributed by atoms with Gasteiger partial charge in [-0.05, 0) is 54.3 Å². The summed E-state index contributed by atoms with van der Waals surface area (Å²) in [5, 5.41) is 8.95. The molecule has 5 heteroatoms. The Labute approximate surface area is 159 Å². The Kier molecular flexibility index (Phi) is 6.47. The summed E-state index contributed by atoms with van der Waals surface area (Å²) in [6.45, 7) is 0.339. The second kappa shape index (κ2) is 9.21. The fourth-order valence-electron chi connectivity index (χ4n) is 3.21. The average molecular weight is 367 g/mol. The van der Waals surface area contributed by atoms with Crippen LogP contribution in [0, 0.1) is 0 Å². The second-order valence-corrected chi connectivity index (χ2v) is 6.77. The lowest BCUT2D eigenvalue weighted by atomic mass is 9.96. The van der Waals surface area contributed by atoms with Gasteiger partial charge >= 0.3 is 5.97 Å². The maximum atomic E-state index is 10.9. The van der Waals surface area contributed by atoms with Crippen molar-refractivity contribution in [2.75, 3.05) is 7.11 Å². The molecule has 0 spiro atoms. The number of nitrogens with zero attached hydrogens (tertiary/aromatic N) is 1. The maximum absolute atomic E-state index is 10.9. The Morgan fingerprint density at radius 1 is 1.11 bits per heavy atom. The van der Waals surface area contributed by atoms with E-state index < -0.39 is 5.97 Å². The molecule has 27 heavy (non-hydrogen) atoms. The van der Waals surface area contributed by atoms with Crippen LogP contribution in [0.2, 0.25) is 0 Å². The molecular weight excluding hydrogens is 342 g/mol. The first-order valence-corrected chi connectivity index (χ1v) is 9.32. The van der Waals surface area contributed by atoms with Crippen LogP contribution in [-0.4, -0.2) is 30.4 Å². The van der Waals surface area contributed by atoms with E-state index in [1.165, 1.54) is 32.1 Å². The van der Waals surface area contributed by atoms with Crippen molar-refractivity contribution < 1.29 is 19.4 Å². The molecule has 0 amide bonds. The summed E-state index contributed by atoms with van der Waals surface area (Å²) < 4.78 is 11.3. The fraction of sp³-hybridized carbons (Fsp3) is 0.364. The van der Waals surface area contributed by atoms with Gasteiger partial charge in [0.1, 0.15) is 6.61 Å². The van der Waals surface area contributed by atoms with Crippen LogP contribution in [0.1, 0.15) is 53.6 Å². The first-order chi connectivity index (χ1) is 13.2. The van der Waals surface area contributed by atoms with Gasteiger partial charge in [0, 0.05) is 12.3 Å². The number of ether oxygens (including phenoxy) is 2. The molecule has 142 valence electrons. The summed E-state index contributed by atoms with van der Waals surface area (Å²) >= 11 is 0. The molecule has 0 aromatic heterocycles. The number of carboxylic acids is 1. The predicted molar refractivity (Wildman–Crippen MR) is 105 cm³/mol. The quantitative estimate of drug-likeness (QED) is 0.719. The minimum absolute atomic E-state index is 0.262. The minimum atomic E-state index is -0.936. The first-order valence-electron chi connectivity index (χ1n) is 9.32. The van der Waals surface area contributed by atoms with Crippen LogP contribution >= 0.6 is 0 Å². The number of carboxylic acid groups (broad SMARTS) is 1. The van der Waals surface area contributed by atoms with Crippen molar-refractivity contribution in [2.45, 2.75) is 44.8 Å². The third-order valence-corrected chi connectivity index (χ3v) is 4.79. The van der Waals surface area contributed by atoms with Gasteiger partial charge in [0.2, 0.25) is 0 Å². The van der Waals surface area contributed by atoms with Crippen LogP contribution in [0.4, 0.5) is 0 Å². The number of rotatable bonds is 7. The number of hydrogen-bond acceptors (Lipinski definition) is 4. The molecule has 0 radical (unpaired) electrons. The third kappa shape index (κ3) is 5.33. The zero-order valence-electron chi connectivity index (χ0n) is 15.6. The highest BCUT2D eigenvalue weighted by Crippen LogP contribution is 2.29.